The van der Waals surface area contributed by atoms with Gasteiger partial charge >= 0.3 is 6.09 Å². The average Bonchev–Trinajstić information content (AvgIpc) is 2.66. The molecule has 0 fully saturated rings. The van der Waals surface area contributed by atoms with Gasteiger partial charge in [0.2, 0.25) is 0 Å². The largest absolute Gasteiger partial charge is 0.450 e. The molecule has 0 saturated heterocycles. The molecule has 0 spiro atoms. The van der Waals surface area contributed by atoms with Crippen molar-refractivity contribution in [2.45, 2.75) is 13.3 Å². The first-order valence-corrected chi connectivity index (χ1v) is 6.11. The lowest BCUT2D eigenvalue weighted by Crippen LogP contribution is -2.35. The minimum Gasteiger partial charge on any atom is -0.450 e. The summed E-state index contributed by atoms with van der Waals surface area (Å²) >= 11 is 1.57. The zero-order chi connectivity index (χ0) is 11.5. The quantitative estimate of drug-likeness (QED) is 0.752. The molecule has 5 heteroatoms. The molecule has 0 aliphatic carbocycles. The molecule has 1 aromatic rings. The van der Waals surface area contributed by atoms with Gasteiger partial charge in [0.15, 0.2) is 5.78 Å². The highest BCUT2D eigenvalue weighted by atomic mass is 32.1. The van der Waals surface area contributed by atoms with Gasteiger partial charge in [-0.2, -0.15) is 0 Å². The number of carbonyl (C=O) groups is 2. The number of ether oxygens (including phenoxy) is 1. The molecule has 0 saturated carbocycles. The van der Waals surface area contributed by atoms with E-state index < -0.39 is 6.09 Å². The van der Waals surface area contributed by atoms with E-state index in [0.29, 0.717) is 13.2 Å². The maximum Gasteiger partial charge on any atom is 0.410 e. The molecule has 2 heterocycles. The van der Waals surface area contributed by atoms with E-state index >= 15 is 0 Å². The first kappa shape index (κ1) is 11.1. The Morgan fingerprint density at radius 2 is 2.44 bits per heavy atom. The van der Waals surface area contributed by atoms with Gasteiger partial charge in [0.05, 0.1) is 13.2 Å². The highest BCUT2D eigenvalue weighted by molar-refractivity contribution is 7.10. The van der Waals surface area contributed by atoms with Gasteiger partial charge in [-0.25, -0.2) is 4.79 Å². The number of amides is 1. The van der Waals surface area contributed by atoms with Crippen molar-refractivity contribution in [2.75, 3.05) is 19.7 Å². The van der Waals surface area contributed by atoms with Gasteiger partial charge in [0, 0.05) is 23.4 Å². The SMILES string of the molecule is CCOC(=O)N1CCc2sccc2C(=O)C1. The Hall–Kier alpha value is -1.36. The average molecular weight is 239 g/mol. The fourth-order valence-electron chi connectivity index (χ4n) is 1.73. The van der Waals surface area contributed by atoms with Gasteiger partial charge in [0.1, 0.15) is 0 Å². The minimum atomic E-state index is -0.397. The zero-order valence-corrected chi connectivity index (χ0v) is 9.88. The van der Waals surface area contributed by atoms with Crippen molar-refractivity contribution in [3.63, 3.8) is 0 Å². The fourth-order valence-corrected chi connectivity index (χ4v) is 2.61. The highest BCUT2D eigenvalue weighted by Crippen LogP contribution is 2.21. The number of rotatable bonds is 1. The molecular formula is C11H13NO3S. The molecule has 0 N–H and O–H groups in total. The van der Waals surface area contributed by atoms with Crippen molar-refractivity contribution in [1.29, 1.82) is 0 Å². The van der Waals surface area contributed by atoms with E-state index in [2.05, 4.69) is 0 Å². The molecule has 16 heavy (non-hydrogen) atoms. The zero-order valence-electron chi connectivity index (χ0n) is 9.06. The van der Waals surface area contributed by atoms with Crippen LogP contribution in [0.15, 0.2) is 11.4 Å². The predicted octanol–water partition coefficient (Wildman–Crippen LogP) is 1.95. The molecule has 2 rings (SSSR count). The lowest BCUT2D eigenvalue weighted by Gasteiger charge is -2.18. The topological polar surface area (TPSA) is 46.6 Å². The van der Waals surface area contributed by atoms with E-state index in [-0.39, 0.29) is 12.3 Å². The van der Waals surface area contributed by atoms with Crippen molar-refractivity contribution in [2.24, 2.45) is 0 Å². The van der Waals surface area contributed by atoms with Gasteiger partial charge in [-0.05, 0) is 18.4 Å². The number of nitrogens with zero attached hydrogens (tertiary/aromatic N) is 1. The molecule has 0 aromatic carbocycles. The summed E-state index contributed by atoms with van der Waals surface area (Å²) in [5, 5.41) is 1.92. The van der Waals surface area contributed by atoms with E-state index in [1.807, 2.05) is 11.4 Å². The summed E-state index contributed by atoms with van der Waals surface area (Å²) in [5.41, 5.74) is 0.761. The molecule has 1 aromatic heterocycles. The molecule has 0 unspecified atom stereocenters. The van der Waals surface area contributed by atoms with Gasteiger partial charge < -0.3 is 9.64 Å². The van der Waals surface area contributed by atoms with Crippen LogP contribution in [-0.2, 0) is 11.2 Å². The number of thiophene rings is 1. The van der Waals surface area contributed by atoms with Crippen molar-refractivity contribution < 1.29 is 14.3 Å². The van der Waals surface area contributed by atoms with Gasteiger partial charge in [0.25, 0.3) is 0 Å². The van der Waals surface area contributed by atoms with Crippen LogP contribution in [0.1, 0.15) is 22.2 Å². The predicted molar refractivity (Wildman–Crippen MR) is 60.9 cm³/mol. The van der Waals surface area contributed by atoms with E-state index in [9.17, 15) is 9.59 Å². The minimum absolute atomic E-state index is 0.00167. The lowest BCUT2D eigenvalue weighted by atomic mass is 10.1. The van der Waals surface area contributed by atoms with E-state index in [1.165, 1.54) is 4.90 Å². The Bertz CT molecular complexity index is 413. The summed E-state index contributed by atoms with van der Waals surface area (Å²) < 4.78 is 4.90. The smallest absolute Gasteiger partial charge is 0.410 e. The van der Waals surface area contributed by atoms with E-state index in [1.54, 1.807) is 18.3 Å². The Morgan fingerprint density at radius 3 is 3.19 bits per heavy atom. The molecule has 0 bridgehead atoms. The number of ketones is 1. The van der Waals surface area contributed by atoms with Crippen LogP contribution in [0.5, 0.6) is 0 Å². The standard InChI is InChI=1S/C11H13NO3S/c1-2-15-11(14)12-5-3-10-8(4-6-16-10)9(13)7-12/h4,6H,2-3,5,7H2,1H3. The molecular weight excluding hydrogens is 226 g/mol. The fraction of sp³-hybridized carbons (Fsp3) is 0.455. The number of hydrogen-bond donors (Lipinski definition) is 0. The second-order valence-electron chi connectivity index (χ2n) is 3.55. The summed E-state index contributed by atoms with van der Waals surface area (Å²) in [6.45, 7) is 2.78. The van der Waals surface area contributed by atoms with Crippen molar-refractivity contribution >= 4 is 23.2 Å². The van der Waals surface area contributed by atoms with Crippen LogP contribution >= 0.6 is 11.3 Å². The highest BCUT2D eigenvalue weighted by Gasteiger charge is 2.25. The van der Waals surface area contributed by atoms with Gasteiger partial charge in [-0.15, -0.1) is 11.3 Å². The third kappa shape index (κ3) is 2.09. The van der Waals surface area contributed by atoms with Crippen molar-refractivity contribution in [1.82, 2.24) is 4.90 Å². The monoisotopic (exact) mass is 239 g/mol. The third-order valence-electron chi connectivity index (χ3n) is 2.52. The molecule has 4 nitrogen and oxygen atoms in total. The molecule has 1 aliphatic rings. The third-order valence-corrected chi connectivity index (χ3v) is 3.50. The molecule has 1 amide bonds. The van der Waals surface area contributed by atoms with E-state index in [4.69, 9.17) is 4.74 Å². The van der Waals surface area contributed by atoms with Crippen LogP contribution < -0.4 is 0 Å². The van der Waals surface area contributed by atoms with Crippen molar-refractivity contribution in [3.05, 3.63) is 21.9 Å². The Labute approximate surface area is 97.8 Å². The van der Waals surface area contributed by atoms with Gasteiger partial charge in [-0.1, -0.05) is 0 Å². The Balaban J connectivity index is 2.12. The molecule has 0 radical (unpaired) electrons. The normalized spacial score (nSPS) is 15.6. The number of hydrogen-bond acceptors (Lipinski definition) is 4. The first-order chi connectivity index (χ1) is 7.72. The van der Waals surface area contributed by atoms with Crippen LogP contribution in [0.25, 0.3) is 0 Å². The number of Topliss-reactive ketones (excluding diaryl/α,β-unsaturated/α-hetero) is 1. The summed E-state index contributed by atoms with van der Waals surface area (Å²) in [6.07, 6.45) is 0.336. The summed E-state index contributed by atoms with van der Waals surface area (Å²) in [6, 6.07) is 1.83. The second kappa shape index (κ2) is 4.65. The second-order valence-corrected chi connectivity index (χ2v) is 4.55. The Morgan fingerprint density at radius 1 is 1.62 bits per heavy atom. The molecule has 1 aliphatic heterocycles. The summed E-state index contributed by atoms with van der Waals surface area (Å²) in [4.78, 5) is 25.9. The molecule has 86 valence electrons. The molecule has 0 atom stereocenters. The van der Waals surface area contributed by atoms with Crippen LogP contribution in [0.2, 0.25) is 0 Å². The maximum absolute atomic E-state index is 11.8. The maximum atomic E-state index is 11.8. The van der Waals surface area contributed by atoms with Gasteiger partial charge in [-0.3, -0.25) is 4.79 Å². The van der Waals surface area contributed by atoms with Crippen LogP contribution in [0.4, 0.5) is 4.79 Å². The lowest BCUT2D eigenvalue weighted by molar-refractivity contribution is 0.0856. The first-order valence-electron chi connectivity index (χ1n) is 5.23. The number of fused-ring (bicyclic) bond motifs is 1. The number of carbonyl (C=O) groups excluding carboxylic acids is 2. The summed E-state index contributed by atoms with van der Waals surface area (Å²) in [5.74, 6) is 0.00167. The van der Waals surface area contributed by atoms with Crippen molar-refractivity contribution in [3.8, 4) is 0 Å². The summed E-state index contributed by atoms with van der Waals surface area (Å²) in [7, 11) is 0. The Kier molecular flexibility index (Phi) is 3.24. The van der Waals surface area contributed by atoms with E-state index in [0.717, 1.165) is 16.9 Å². The van der Waals surface area contributed by atoms with Crippen LogP contribution in [0, 0.1) is 0 Å². The van der Waals surface area contributed by atoms with Crippen LogP contribution in [0.3, 0.4) is 0 Å². The van der Waals surface area contributed by atoms with Crippen LogP contribution in [-0.4, -0.2) is 36.5 Å².